The molecule has 1 heterocycles. The van der Waals surface area contributed by atoms with E-state index in [2.05, 4.69) is 10.5 Å². The van der Waals surface area contributed by atoms with E-state index in [1.54, 1.807) is 18.2 Å². The Kier molecular flexibility index (Phi) is 4.07. The average molecular weight is 260 g/mol. The molecule has 4 nitrogen and oxygen atoms in total. The van der Waals surface area contributed by atoms with Crippen molar-refractivity contribution in [2.75, 3.05) is 0 Å². The van der Waals surface area contributed by atoms with Gasteiger partial charge in [-0.25, -0.2) is 9.82 Å². The van der Waals surface area contributed by atoms with Crippen molar-refractivity contribution in [1.82, 2.24) is 5.43 Å². The first-order valence-corrected chi connectivity index (χ1v) is 5.76. The van der Waals surface area contributed by atoms with Crippen LogP contribution in [-0.2, 0) is 11.2 Å². The van der Waals surface area contributed by atoms with Crippen LogP contribution in [0.4, 0.5) is 4.39 Å². The van der Waals surface area contributed by atoms with Crippen LogP contribution in [-0.4, -0.2) is 12.1 Å². The molecule has 0 bridgehead atoms. The monoisotopic (exact) mass is 260 g/mol. The third-order valence-corrected chi connectivity index (χ3v) is 2.42. The second-order valence-electron chi connectivity index (χ2n) is 4.04. The number of nitrogens with zero attached hydrogens (tertiary/aromatic N) is 1. The predicted octanol–water partition coefficient (Wildman–Crippen LogP) is 2.42. The number of aryl methyl sites for hydroxylation is 1. The van der Waals surface area contributed by atoms with E-state index in [1.165, 1.54) is 18.3 Å². The van der Waals surface area contributed by atoms with Crippen LogP contribution < -0.4 is 5.43 Å². The molecular weight excluding hydrogens is 247 g/mol. The van der Waals surface area contributed by atoms with Gasteiger partial charge in [-0.15, -0.1) is 0 Å². The molecule has 1 amide bonds. The molecule has 0 atom stereocenters. The van der Waals surface area contributed by atoms with Crippen LogP contribution in [0.2, 0.25) is 0 Å². The summed E-state index contributed by atoms with van der Waals surface area (Å²) >= 11 is 0. The predicted molar refractivity (Wildman–Crippen MR) is 69.3 cm³/mol. The van der Waals surface area contributed by atoms with Crippen molar-refractivity contribution < 1.29 is 13.6 Å². The van der Waals surface area contributed by atoms with Crippen LogP contribution in [0.3, 0.4) is 0 Å². The number of halogens is 1. The Balaban J connectivity index is 1.84. The molecular formula is C14H13FN2O2. The Labute approximate surface area is 109 Å². The van der Waals surface area contributed by atoms with Crippen molar-refractivity contribution in [3.63, 3.8) is 0 Å². The van der Waals surface area contributed by atoms with Gasteiger partial charge in [-0.1, -0.05) is 12.1 Å². The van der Waals surface area contributed by atoms with Gasteiger partial charge >= 0.3 is 0 Å². The molecule has 0 spiro atoms. The first-order chi connectivity index (χ1) is 9.13. The molecule has 0 aliphatic rings. The van der Waals surface area contributed by atoms with Gasteiger partial charge in [0.05, 0.1) is 12.6 Å². The zero-order valence-corrected chi connectivity index (χ0v) is 10.4. The van der Waals surface area contributed by atoms with E-state index in [0.29, 0.717) is 5.76 Å². The Morgan fingerprint density at radius 3 is 2.68 bits per heavy atom. The lowest BCUT2D eigenvalue weighted by Crippen LogP contribution is -2.19. The van der Waals surface area contributed by atoms with Crippen molar-refractivity contribution in [3.05, 3.63) is 59.3 Å². The summed E-state index contributed by atoms with van der Waals surface area (Å²) in [7, 11) is 0. The highest BCUT2D eigenvalue weighted by Crippen LogP contribution is 2.04. The fourth-order valence-corrected chi connectivity index (χ4v) is 1.52. The third kappa shape index (κ3) is 4.06. The van der Waals surface area contributed by atoms with E-state index in [-0.39, 0.29) is 18.1 Å². The summed E-state index contributed by atoms with van der Waals surface area (Å²) in [4.78, 5) is 11.5. The quantitative estimate of drug-likeness (QED) is 0.678. The number of furan rings is 1. The van der Waals surface area contributed by atoms with Gasteiger partial charge in [-0.05, 0) is 36.8 Å². The summed E-state index contributed by atoms with van der Waals surface area (Å²) in [5, 5.41) is 3.78. The highest BCUT2D eigenvalue weighted by Gasteiger charge is 2.02. The molecule has 2 rings (SSSR count). The number of rotatable bonds is 4. The van der Waals surface area contributed by atoms with Crippen molar-refractivity contribution in [2.24, 2.45) is 5.10 Å². The molecule has 5 heteroatoms. The summed E-state index contributed by atoms with van der Waals surface area (Å²) < 4.78 is 17.9. The number of benzene rings is 1. The highest BCUT2D eigenvalue weighted by molar-refractivity contribution is 5.81. The minimum absolute atomic E-state index is 0.148. The van der Waals surface area contributed by atoms with E-state index in [9.17, 15) is 9.18 Å². The molecule has 0 saturated heterocycles. The van der Waals surface area contributed by atoms with Gasteiger partial charge in [-0.3, -0.25) is 4.79 Å². The molecule has 98 valence electrons. The van der Waals surface area contributed by atoms with Gasteiger partial charge in [0, 0.05) is 0 Å². The van der Waals surface area contributed by atoms with Crippen LogP contribution in [0, 0.1) is 12.7 Å². The third-order valence-electron chi connectivity index (χ3n) is 2.42. The Bertz CT molecular complexity index is 588. The standard InChI is InChI=1S/C14H13FN2O2/c1-10-2-7-13(19-10)9-16-17-14(18)8-11-3-5-12(15)6-4-11/h2-7,9H,8H2,1H3,(H,17,18)/b16-9-. The van der Waals surface area contributed by atoms with Crippen molar-refractivity contribution in [2.45, 2.75) is 13.3 Å². The average Bonchev–Trinajstić information content (AvgIpc) is 2.78. The fourth-order valence-electron chi connectivity index (χ4n) is 1.52. The smallest absolute Gasteiger partial charge is 0.244 e. The van der Waals surface area contributed by atoms with Gasteiger partial charge in [0.2, 0.25) is 5.91 Å². The Morgan fingerprint density at radius 2 is 2.05 bits per heavy atom. The van der Waals surface area contributed by atoms with E-state index in [1.807, 2.05) is 13.0 Å². The number of hydrazone groups is 1. The molecule has 1 aromatic heterocycles. The summed E-state index contributed by atoms with van der Waals surface area (Å²) in [6.45, 7) is 1.82. The van der Waals surface area contributed by atoms with Crippen molar-refractivity contribution >= 4 is 12.1 Å². The molecule has 0 saturated carbocycles. The van der Waals surface area contributed by atoms with Gasteiger partial charge in [0.25, 0.3) is 0 Å². The minimum Gasteiger partial charge on any atom is -0.460 e. The van der Waals surface area contributed by atoms with E-state index >= 15 is 0 Å². The number of nitrogens with one attached hydrogen (secondary N) is 1. The number of amides is 1. The first-order valence-electron chi connectivity index (χ1n) is 5.76. The van der Waals surface area contributed by atoms with Crippen molar-refractivity contribution in [3.8, 4) is 0 Å². The van der Waals surface area contributed by atoms with E-state index in [4.69, 9.17) is 4.42 Å². The minimum atomic E-state index is -0.324. The van der Waals surface area contributed by atoms with Crippen LogP contribution in [0.1, 0.15) is 17.1 Å². The molecule has 0 fully saturated rings. The number of hydrogen-bond acceptors (Lipinski definition) is 3. The fraction of sp³-hybridized carbons (Fsp3) is 0.143. The summed E-state index contributed by atoms with van der Waals surface area (Å²) in [6, 6.07) is 9.32. The molecule has 1 N–H and O–H groups in total. The molecule has 1 aromatic carbocycles. The number of carbonyl (C=O) groups excluding carboxylic acids is 1. The molecule has 0 aliphatic carbocycles. The van der Waals surface area contributed by atoms with E-state index < -0.39 is 0 Å². The highest BCUT2D eigenvalue weighted by atomic mass is 19.1. The zero-order chi connectivity index (χ0) is 13.7. The molecule has 19 heavy (non-hydrogen) atoms. The molecule has 0 aliphatic heterocycles. The van der Waals surface area contributed by atoms with Crippen LogP contribution in [0.25, 0.3) is 0 Å². The lowest BCUT2D eigenvalue weighted by Gasteiger charge is -1.99. The lowest BCUT2D eigenvalue weighted by molar-refractivity contribution is -0.120. The summed E-state index contributed by atoms with van der Waals surface area (Å²) in [6.07, 6.45) is 1.57. The topological polar surface area (TPSA) is 54.6 Å². The van der Waals surface area contributed by atoms with Crippen LogP contribution >= 0.6 is 0 Å². The van der Waals surface area contributed by atoms with Crippen LogP contribution in [0.5, 0.6) is 0 Å². The Hall–Kier alpha value is -2.43. The summed E-state index contributed by atoms with van der Waals surface area (Å²) in [5.41, 5.74) is 3.11. The zero-order valence-electron chi connectivity index (χ0n) is 10.4. The molecule has 2 aromatic rings. The lowest BCUT2D eigenvalue weighted by atomic mass is 10.1. The maximum Gasteiger partial charge on any atom is 0.244 e. The van der Waals surface area contributed by atoms with Gasteiger partial charge < -0.3 is 4.42 Å². The van der Waals surface area contributed by atoms with Crippen LogP contribution in [0.15, 0.2) is 45.9 Å². The number of carbonyl (C=O) groups is 1. The summed E-state index contributed by atoms with van der Waals surface area (Å²) in [5.74, 6) is 0.750. The second kappa shape index (κ2) is 5.95. The molecule has 0 unspecified atom stereocenters. The maximum absolute atomic E-state index is 12.7. The normalized spacial score (nSPS) is 10.8. The van der Waals surface area contributed by atoms with Gasteiger partial charge in [0.15, 0.2) is 0 Å². The van der Waals surface area contributed by atoms with Gasteiger partial charge in [0.1, 0.15) is 17.3 Å². The largest absolute Gasteiger partial charge is 0.460 e. The molecule has 0 radical (unpaired) electrons. The maximum atomic E-state index is 12.7. The van der Waals surface area contributed by atoms with Gasteiger partial charge in [-0.2, -0.15) is 5.10 Å². The second-order valence-corrected chi connectivity index (χ2v) is 4.04. The first kappa shape index (κ1) is 13.0. The SMILES string of the molecule is Cc1ccc(/C=N\NC(=O)Cc2ccc(F)cc2)o1. The van der Waals surface area contributed by atoms with E-state index in [0.717, 1.165) is 11.3 Å². The van der Waals surface area contributed by atoms with Crippen molar-refractivity contribution in [1.29, 1.82) is 0 Å². The number of hydrogen-bond donors (Lipinski definition) is 1. The Morgan fingerprint density at radius 1 is 1.32 bits per heavy atom.